The largest absolute Gasteiger partial charge is 0.490 e. The Labute approximate surface area is 182 Å². The summed E-state index contributed by atoms with van der Waals surface area (Å²) in [5.74, 6) is 0.959. The fraction of sp³-hybridized carbons (Fsp3) is 0.409. The fourth-order valence-electron chi connectivity index (χ4n) is 3.71. The van der Waals surface area contributed by atoms with Crippen LogP contribution in [0.1, 0.15) is 35.5 Å². The first-order valence-electron chi connectivity index (χ1n) is 10.3. The molecule has 0 amide bonds. The molecule has 1 aromatic carbocycles. The third-order valence-corrected chi connectivity index (χ3v) is 5.46. The Kier molecular flexibility index (Phi) is 6.03. The van der Waals surface area contributed by atoms with E-state index in [4.69, 9.17) is 4.74 Å². The first-order valence-corrected chi connectivity index (χ1v) is 10.3. The molecular formula is C22H23F4N5O. The van der Waals surface area contributed by atoms with Crippen LogP contribution < -0.4 is 9.64 Å². The summed E-state index contributed by atoms with van der Waals surface area (Å²) in [6.45, 7) is 3.26. The predicted molar refractivity (Wildman–Crippen MR) is 110 cm³/mol. The smallest absolute Gasteiger partial charge is 0.416 e. The molecule has 32 heavy (non-hydrogen) atoms. The Morgan fingerprint density at radius 3 is 2.56 bits per heavy atom. The van der Waals surface area contributed by atoms with E-state index in [1.54, 1.807) is 13.2 Å². The lowest BCUT2D eigenvalue weighted by Gasteiger charge is -2.31. The zero-order valence-electron chi connectivity index (χ0n) is 17.7. The number of nitrogens with zero attached hydrogens (tertiary/aromatic N) is 5. The van der Waals surface area contributed by atoms with Crippen molar-refractivity contribution in [3.63, 3.8) is 0 Å². The highest BCUT2D eigenvalue weighted by Crippen LogP contribution is 2.31. The van der Waals surface area contributed by atoms with Crippen LogP contribution in [0.5, 0.6) is 5.75 Å². The van der Waals surface area contributed by atoms with Crippen LogP contribution in [-0.4, -0.2) is 38.9 Å². The molecule has 0 unspecified atom stereocenters. The number of piperidine rings is 1. The zero-order chi connectivity index (χ0) is 22.9. The highest BCUT2D eigenvalue weighted by Gasteiger charge is 2.31. The number of ether oxygens (including phenoxy) is 1. The molecule has 0 aliphatic carbocycles. The number of anilines is 1. The minimum atomic E-state index is -4.53. The van der Waals surface area contributed by atoms with Gasteiger partial charge >= 0.3 is 6.18 Å². The SMILES string of the molecule is Cc1cc(OC2CCN(c3nc(Cc4cc(C(F)(F)F)ccc4F)n(C)n3)CC2)ccn1. The third-order valence-electron chi connectivity index (χ3n) is 5.46. The molecule has 3 aromatic rings. The number of halogens is 4. The molecule has 2 aromatic heterocycles. The highest BCUT2D eigenvalue weighted by atomic mass is 19.4. The summed E-state index contributed by atoms with van der Waals surface area (Å²) in [5.41, 5.74) is -0.0632. The second-order valence-corrected chi connectivity index (χ2v) is 7.87. The lowest BCUT2D eigenvalue weighted by molar-refractivity contribution is -0.137. The average Bonchev–Trinajstić information content (AvgIpc) is 3.10. The van der Waals surface area contributed by atoms with Gasteiger partial charge in [0.25, 0.3) is 0 Å². The van der Waals surface area contributed by atoms with Crippen molar-refractivity contribution in [2.45, 2.75) is 38.5 Å². The molecule has 10 heteroatoms. The maximum atomic E-state index is 14.1. The third kappa shape index (κ3) is 5.00. The van der Waals surface area contributed by atoms with E-state index in [0.717, 1.165) is 42.5 Å². The van der Waals surface area contributed by atoms with Crippen molar-refractivity contribution < 1.29 is 22.3 Å². The highest BCUT2D eigenvalue weighted by molar-refractivity contribution is 5.33. The van der Waals surface area contributed by atoms with E-state index in [1.165, 1.54) is 4.68 Å². The van der Waals surface area contributed by atoms with Crippen molar-refractivity contribution in [2.75, 3.05) is 18.0 Å². The van der Waals surface area contributed by atoms with Gasteiger partial charge in [0.2, 0.25) is 5.95 Å². The Bertz CT molecular complexity index is 1090. The molecule has 1 fully saturated rings. The summed E-state index contributed by atoms with van der Waals surface area (Å²) in [7, 11) is 1.65. The molecule has 0 atom stereocenters. The van der Waals surface area contributed by atoms with Crippen LogP contribution in [0.4, 0.5) is 23.5 Å². The molecule has 1 aliphatic heterocycles. The number of pyridine rings is 1. The molecular weight excluding hydrogens is 426 g/mol. The van der Waals surface area contributed by atoms with Crippen molar-refractivity contribution in [1.82, 2.24) is 19.7 Å². The van der Waals surface area contributed by atoms with Gasteiger partial charge in [-0.2, -0.15) is 18.2 Å². The molecule has 1 saturated heterocycles. The van der Waals surface area contributed by atoms with Crippen molar-refractivity contribution in [3.8, 4) is 5.75 Å². The van der Waals surface area contributed by atoms with Crippen molar-refractivity contribution >= 4 is 5.95 Å². The van der Waals surface area contributed by atoms with Gasteiger partial charge in [0, 0.05) is 57.4 Å². The van der Waals surface area contributed by atoms with Crippen LogP contribution in [0.25, 0.3) is 0 Å². The zero-order valence-corrected chi connectivity index (χ0v) is 17.7. The van der Waals surface area contributed by atoms with Gasteiger partial charge in [0.15, 0.2) is 0 Å². The Balaban J connectivity index is 1.41. The molecule has 4 rings (SSSR count). The van der Waals surface area contributed by atoms with Crippen LogP contribution in [0, 0.1) is 12.7 Å². The molecule has 0 radical (unpaired) electrons. The number of benzene rings is 1. The Morgan fingerprint density at radius 1 is 1.12 bits per heavy atom. The lowest BCUT2D eigenvalue weighted by Crippen LogP contribution is -2.38. The first-order chi connectivity index (χ1) is 15.2. The van der Waals surface area contributed by atoms with E-state index in [0.29, 0.717) is 24.9 Å². The second kappa shape index (κ2) is 8.76. The molecule has 170 valence electrons. The van der Waals surface area contributed by atoms with Gasteiger partial charge in [-0.25, -0.2) is 4.39 Å². The van der Waals surface area contributed by atoms with E-state index in [-0.39, 0.29) is 18.1 Å². The molecule has 0 spiro atoms. The van der Waals surface area contributed by atoms with Gasteiger partial charge in [0.05, 0.1) is 5.56 Å². The van der Waals surface area contributed by atoms with Gasteiger partial charge in [-0.15, -0.1) is 5.10 Å². The van der Waals surface area contributed by atoms with Crippen LogP contribution in [-0.2, 0) is 19.6 Å². The number of hydrogen-bond acceptors (Lipinski definition) is 5. The van der Waals surface area contributed by atoms with E-state index < -0.39 is 17.6 Å². The Hall–Kier alpha value is -3.17. The number of aromatic nitrogens is 4. The van der Waals surface area contributed by atoms with E-state index in [1.807, 2.05) is 24.0 Å². The maximum Gasteiger partial charge on any atom is 0.416 e. The van der Waals surface area contributed by atoms with Gasteiger partial charge in [0.1, 0.15) is 23.5 Å². The quantitative estimate of drug-likeness (QED) is 0.544. The molecule has 0 saturated carbocycles. The van der Waals surface area contributed by atoms with Gasteiger partial charge in [-0.3, -0.25) is 9.67 Å². The molecule has 1 aliphatic rings. The van der Waals surface area contributed by atoms with Gasteiger partial charge < -0.3 is 9.64 Å². The summed E-state index contributed by atoms with van der Waals surface area (Å²) >= 11 is 0. The van der Waals surface area contributed by atoms with Crippen molar-refractivity contribution in [1.29, 1.82) is 0 Å². The minimum absolute atomic E-state index is 0.0652. The summed E-state index contributed by atoms with van der Waals surface area (Å²) in [5, 5.41) is 4.39. The van der Waals surface area contributed by atoms with Crippen LogP contribution in [0.3, 0.4) is 0 Å². The van der Waals surface area contributed by atoms with Crippen LogP contribution in [0.2, 0.25) is 0 Å². The van der Waals surface area contributed by atoms with Gasteiger partial charge in [-0.05, 0) is 36.8 Å². The van der Waals surface area contributed by atoms with Crippen molar-refractivity contribution in [3.05, 3.63) is 65.0 Å². The normalized spacial score (nSPS) is 15.2. The fourth-order valence-corrected chi connectivity index (χ4v) is 3.71. The summed E-state index contributed by atoms with van der Waals surface area (Å²) < 4.78 is 60.6. The minimum Gasteiger partial charge on any atom is -0.490 e. The molecule has 0 bridgehead atoms. The molecule has 0 N–H and O–H groups in total. The molecule has 6 nitrogen and oxygen atoms in total. The van der Waals surface area contributed by atoms with Crippen LogP contribution in [0.15, 0.2) is 36.5 Å². The number of aryl methyl sites for hydroxylation is 2. The maximum absolute atomic E-state index is 14.1. The number of hydrogen-bond donors (Lipinski definition) is 0. The van der Waals surface area contributed by atoms with Crippen molar-refractivity contribution in [2.24, 2.45) is 7.05 Å². The summed E-state index contributed by atoms with van der Waals surface area (Å²) in [6, 6.07) is 6.13. The average molecular weight is 449 g/mol. The Morgan fingerprint density at radius 2 is 1.88 bits per heavy atom. The van der Waals surface area contributed by atoms with E-state index in [2.05, 4.69) is 15.1 Å². The standard InChI is InChI=1S/C22H23F4N5O/c1-14-11-18(5-8-27-14)32-17-6-9-31(10-7-17)21-28-20(30(2)29-21)13-15-12-16(22(24,25)26)3-4-19(15)23/h3-5,8,11-12,17H,6-7,9-10,13H2,1-2H3. The monoisotopic (exact) mass is 449 g/mol. The number of rotatable bonds is 5. The summed E-state index contributed by atoms with van der Waals surface area (Å²) in [4.78, 5) is 10.6. The van der Waals surface area contributed by atoms with Gasteiger partial charge in [-0.1, -0.05) is 0 Å². The topological polar surface area (TPSA) is 56.1 Å². The van der Waals surface area contributed by atoms with E-state index >= 15 is 0 Å². The first kappa shape index (κ1) is 22.0. The molecule has 3 heterocycles. The second-order valence-electron chi connectivity index (χ2n) is 7.87. The number of alkyl halides is 3. The lowest BCUT2D eigenvalue weighted by atomic mass is 10.1. The summed E-state index contributed by atoms with van der Waals surface area (Å²) in [6.07, 6.45) is -1.29. The predicted octanol–water partition coefficient (Wildman–Crippen LogP) is 4.32. The van der Waals surface area contributed by atoms with Crippen LogP contribution >= 0.6 is 0 Å². The van der Waals surface area contributed by atoms with E-state index in [9.17, 15) is 17.6 Å².